The average Bonchev–Trinajstić information content (AvgIpc) is 2.35. The van der Waals surface area contributed by atoms with E-state index in [1.807, 2.05) is 6.92 Å². The standard InChI is InChI=1S/C13H19NO5S/c1-4-9-19-10-5-7-11(8-6-10)20(17,18)14-13(2,3)12(15)16/h5-8,14H,4,9H2,1-3H3,(H,15,16). The van der Waals surface area contributed by atoms with Crippen molar-refractivity contribution in [3.63, 3.8) is 0 Å². The summed E-state index contributed by atoms with van der Waals surface area (Å²) in [4.78, 5) is 11.0. The molecule has 1 aromatic carbocycles. The molecular weight excluding hydrogens is 282 g/mol. The summed E-state index contributed by atoms with van der Waals surface area (Å²) in [5.74, 6) is -0.674. The molecule has 2 N–H and O–H groups in total. The van der Waals surface area contributed by atoms with Crippen LogP contribution in [0.5, 0.6) is 5.75 Å². The van der Waals surface area contributed by atoms with Crippen LogP contribution < -0.4 is 9.46 Å². The molecule has 0 aliphatic rings. The largest absolute Gasteiger partial charge is 0.494 e. The minimum absolute atomic E-state index is 0.00401. The van der Waals surface area contributed by atoms with E-state index in [1.165, 1.54) is 38.1 Å². The van der Waals surface area contributed by atoms with Crippen molar-refractivity contribution in [2.24, 2.45) is 0 Å². The second-order valence-corrected chi connectivity index (χ2v) is 6.54. The lowest BCUT2D eigenvalue weighted by molar-refractivity contribution is -0.142. The highest BCUT2D eigenvalue weighted by Crippen LogP contribution is 2.18. The van der Waals surface area contributed by atoms with Crippen LogP contribution in [-0.4, -0.2) is 31.6 Å². The van der Waals surface area contributed by atoms with Gasteiger partial charge in [0, 0.05) is 0 Å². The van der Waals surface area contributed by atoms with Gasteiger partial charge in [-0.15, -0.1) is 0 Å². The molecule has 0 aliphatic heterocycles. The van der Waals surface area contributed by atoms with Crippen molar-refractivity contribution < 1.29 is 23.1 Å². The molecule has 0 atom stereocenters. The maximum atomic E-state index is 12.1. The molecule has 0 spiro atoms. The lowest BCUT2D eigenvalue weighted by atomic mass is 10.1. The quantitative estimate of drug-likeness (QED) is 0.798. The third-order valence-corrected chi connectivity index (χ3v) is 4.20. The van der Waals surface area contributed by atoms with Crippen LogP contribution in [0.1, 0.15) is 27.2 Å². The Morgan fingerprint density at radius 2 is 1.85 bits per heavy atom. The molecule has 0 radical (unpaired) electrons. The number of carbonyl (C=O) groups is 1. The summed E-state index contributed by atoms with van der Waals surface area (Å²) in [6.45, 7) is 5.09. The lowest BCUT2D eigenvalue weighted by Crippen LogP contribution is -2.49. The van der Waals surface area contributed by atoms with Crippen LogP contribution >= 0.6 is 0 Å². The summed E-state index contributed by atoms with van der Waals surface area (Å²) < 4.78 is 31.6. The van der Waals surface area contributed by atoms with E-state index in [9.17, 15) is 13.2 Å². The number of hydrogen-bond donors (Lipinski definition) is 2. The summed E-state index contributed by atoms with van der Waals surface area (Å²) in [6.07, 6.45) is 0.856. The summed E-state index contributed by atoms with van der Waals surface area (Å²) in [6, 6.07) is 5.84. The molecule has 0 saturated carbocycles. The summed E-state index contributed by atoms with van der Waals surface area (Å²) in [5, 5.41) is 8.95. The smallest absolute Gasteiger partial charge is 0.324 e. The SMILES string of the molecule is CCCOc1ccc(S(=O)(=O)NC(C)(C)C(=O)O)cc1. The molecule has 0 unspecified atom stereocenters. The van der Waals surface area contributed by atoms with E-state index in [2.05, 4.69) is 4.72 Å². The normalized spacial score (nSPS) is 12.2. The second kappa shape index (κ2) is 6.23. The Labute approximate surface area is 118 Å². The fourth-order valence-corrected chi connectivity index (χ4v) is 2.74. The Kier molecular flexibility index (Phi) is 5.13. The topological polar surface area (TPSA) is 92.7 Å². The van der Waals surface area contributed by atoms with Gasteiger partial charge in [0.15, 0.2) is 0 Å². The predicted molar refractivity (Wildman–Crippen MR) is 74.3 cm³/mol. The van der Waals surface area contributed by atoms with Gasteiger partial charge in [-0.25, -0.2) is 8.42 Å². The van der Waals surface area contributed by atoms with Crippen LogP contribution in [0.2, 0.25) is 0 Å². The number of ether oxygens (including phenoxy) is 1. The zero-order chi connectivity index (χ0) is 15.4. The molecule has 0 aromatic heterocycles. The molecule has 6 nitrogen and oxygen atoms in total. The van der Waals surface area contributed by atoms with Gasteiger partial charge in [0.1, 0.15) is 11.3 Å². The fraction of sp³-hybridized carbons (Fsp3) is 0.462. The molecular formula is C13H19NO5S. The second-order valence-electron chi connectivity index (χ2n) is 4.86. The van der Waals surface area contributed by atoms with Crippen LogP contribution in [0.25, 0.3) is 0 Å². The number of benzene rings is 1. The number of nitrogens with one attached hydrogen (secondary N) is 1. The van der Waals surface area contributed by atoms with Crippen molar-refractivity contribution >= 4 is 16.0 Å². The maximum absolute atomic E-state index is 12.1. The van der Waals surface area contributed by atoms with Crippen LogP contribution in [-0.2, 0) is 14.8 Å². The predicted octanol–water partition coefficient (Wildman–Crippen LogP) is 1.62. The van der Waals surface area contributed by atoms with Gasteiger partial charge in [-0.2, -0.15) is 4.72 Å². The molecule has 0 amide bonds. The van der Waals surface area contributed by atoms with Crippen molar-refractivity contribution in [1.29, 1.82) is 0 Å². The van der Waals surface area contributed by atoms with E-state index in [4.69, 9.17) is 9.84 Å². The summed E-state index contributed by atoms with van der Waals surface area (Å²) in [5.41, 5.74) is -1.57. The van der Waals surface area contributed by atoms with Gasteiger partial charge in [-0.3, -0.25) is 4.79 Å². The monoisotopic (exact) mass is 301 g/mol. The van der Waals surface area contributed by atoms with E-state index in [-0.39, 0.29) is 4.90 Å². The minimum atomic E-state index is -3.89. The number of aliphatic carboxylic acids is 1. The van der Waals surface area contributed by atoms with Crippen LogP contribution in [0.4, 0.5) is 0 Å². The molecule has 112 valence electrons. The van der Waals surface area contributed by atoms with Gasteiger partial charge in [0.25, 0.3) is 0 Å². The third kappa shape index (κ3) is 4.21. The fourth-order valence-electron chi connectivity index (χ4n) is 1.37. The Morgan fingerprint density at radius 3 is 2.30 bits per heavy atom. The van der Waals surface area contributed by atoms with Crippen LogP contribution in [0.15, 0.2) is 29.2 Å². The molecule has 0 bridgehead atoms. The van der Waals surface area contributed by atoms with Gasteiger partial charge in [0.05, 0.1) is 11.5 Å². The van der Waals surface area contributed by atoms with E-state index in [0.717, 1.165) is 6.42 Å². The van der Waals surface area contributed by atoms with E-state index in [0.29, 0.717) is 12.4 Å². The van der Waals surface area contributed by atoms with Crippen molar-refractivity contribution in [3.8, 4) is 5.75 Å². The zero-order valence-electron chi connectivity index (χ0n) is 11.7. The van der Waals surface area contributed by atoms with Crippen molar-refractivity contribution in [3.05, 3.63) is 24.3 Å². The van der Waals surface area contributed by atoms with E-state index < -0.39 is 21.5 Å². The first-order chi connectivity index (χ1) is 9.19. The van der Waals surface area contributed by atoms with E-state index >= 15 is 0 Å². The molecule has 0 fully saturated rings. The number of rotatable bonds is 7. The van der Waals surface area contributed by atoms with Crippen LogP contribution in [0.3, 0.4) is 0 Å². The first-order valence-corrected chi connectivity index (χ1v) is 7.67. The first kappa shape index (κ1) is 16.5. The summed E-state index contributed by atoms with van der Waals surface area (Å²) >= 11 is 0. The highest BCUT2D eigenvalue weighted by molar-refractivity contribution is 7.89. The first-order valence-electron chi connectivity index (χ1n) is 6.19. The maximum Gasteiger partial charge on any atom is 0.324 e. The van der Waals surface area contributed by atoms with E-state index in [1.54, 1.807) is 0 Å². The lowest BCUT2D eigenvalue weighted by Gasteiger charge is -2.20. The molecule has 0 heterocycles. The molecule has 0 aliphatic carbocycles. The van der Waals surface area contributed by atoms with Gasteiger partial charge in [-0.1, -0.05) is 6.92 Å². The zero-order valence-corrected chi connectivity index (χ0v) is 12.5. The van der Waals surface area contributed by atoms with Crippen molar-refractivity contribution in [2.45, 2.75) is 37.6 Å². The Hall–Kier alpha value is -1.60. The van der Waals surface area contributed by atoms with Crippen molar-refractivity contribution in [1.82, 2.24) is 4.72 Å². The Balaban J connectivity index is 2.91. The number of carboxylic acids is 1. The van der Waals surface area contributed by atoms with Gasteiger partial charge < -0.3 is 9.84 Å². The molecule has 1 rings (SSSR count). The highest BCUT2D eigenvalue weighted by atomic mass is 32.2. The number of carboxylic acid groups (broad SMARTS) is 1. The van der Waals surface area contributed by atoms with Crippen LogP contribution in [0, 0.1) is 0 Å². The molecule has 0 saturated heterocycles. The highest BCUT2D eigenvalue weighted by Gasteiger charge is 2.32. The Bertz CT molecular complexity index is 563. The Morgan fingerprint density at radius 1 is 1.30 bits per heavy atom. The minimum Gasteiger partial charge on any atom is -0.494 e. The summed E-state index contributed by atoms with van der Waals surface area (Å²) in [7, 11) is -3.89. The van der Waals surface area contributed by atoms with Gasteiger partial charge in [0.2, 0.25) is 10.0 Å². The molecule has 1 aromatic rings. The van der Waals surface area contributed by atoms with Crippen molar-refractivity contribution in [2.75, 3.05) is 6.61 Å². The van der Waals surface area contributed by atoms with Gasteiger partial charge >= 0.3 is 5.97 Å². The number of sulfonamides is 1. The van der Waals surface area contributed by atoms with Gasteiger partial charge in [-0.05, 0) is 44.5 Å². The number of hydrogen-bond acceptors (Lipinski definition) is 4. The average molecular weight is 301 g/mol. The molecule has 20 heavy (non-hydrogen) atoms. The third-order valence-electron chi connectivity index (χ3n) is 2.53. The molecule has 7 heteroatoms.